The maximum Gasteiger partial charge on any atom is 0.0936 e. The van der Waals surface area contributed by atoms with Crippen molar-refractivity contribution in [2.45, 2.75) is 32.3 Å². The maximum absolute atomic E-state index is 10.5. The van der Waals surface area contributed by atoms with Crippen LogP contribution in [0.25, 0.3) is 0 Å². The van der Waals surface area contributed by atoms with E-state index in [1.807, 2.05) is 6.92 Å². The predicted molar refractivity (Wildman–Crippen MR) is 63.4 cm³/mol. The number of hydrogen-bond donors (Lipinski definition) is 1. The molecule has 1 aliphatic rings. The Morgan fingerprint density at radius 1 is 1.33 bits per heavy atom. The maximum atomic E-state index is 10.5. The third kappa shape index (κ3) is 1.77. The molecule has 0 bridgehead atoms. The predicted octanol–water partition coefficient (Wildman–Crippen LogP) is 4.00. The fourth-order valence-corrected chi connectivity index (χ4v) is 2.34. The van der Waals surface area contributed by atoms with E-state index in [0.29, 0.717) is 10.0 Å². The third-order valence-corrected chi connectivity index (χ3v) is 4.19. The smallest absolute Gasteiger partial charge is 0.0936 e. The standard InChI is InChI=1S/C12H14Cl2O/c1-11(5-6-11)12(2,15)9-7-8(13)3-4-10(9)14/h3-4,7,15H,5-6H2,1-2H3. The van der Waals surface area contributed by atoms with Crippen LogP contribution >= 0.6 is 23.2 Å². The van der Waals surface area contributed by atoms with Gasteiger partial charge >= 0.3 is 0 Å². The Labute approximate surface area is 100 Å². The zero-order valence-corrected chi connectivity index (χ0v) is 10.4. The summed E-state index contributed by atoms with van der Waals surface area (Å²) in [6.07, 6.45) is 2.06. The third-order valence-electron chi connectivity index (χ3n) is 3.63. The molecule has 15 heavy (non-hydrogen) atoms. The van der Waals surface area contributed by atoms with Crippen LogP contribution in [0.15, 0.2) is 18.2 Å². The molecule has 0 amide bonds. The van der Waals surface area contributed by atoms with Crippen LogP contribution in [-0.4, -0.2) is 5.11 Å². The van der Waals surface area contributed by atoms with E-state index >= 15 is 0 Å². The minimum Gasteiger partial charge on any atom is -0.385 e. The molecule has 0 aromatic heterocycles. The van der Waals surface area contributed by atoms with E-state index in [-0.39, 0.29) is 5.41 Å². The minimum atomic E-state index is -0.894. The highest BCUT2D eigenvalue weighted by Crippen LogP contribution is 2.58. The molecule has 1 nitrogen and oxygen atoms in total. The molecule has 1 aliphatic carbocycles. The lowest BCUT2D eigenvalue weighted by atomic mass is 9.81. The number of halogens is 2. The summed E-state index contributed by atoms with van der Waals surface area (Å²) in [6.45, 7) is 3.89. The number of aliphatic hydroxyl groups is 1. The Morgan fingerprint density at radius 3 is 2.47 bits per heavy atom. The first kappa shape index (κ1) is 11.3. The van der Waals surface area contributed by atoms with Gasteiger partial charge in [0.15, 0.2) is 0 Å². The van der Waals surface area contributed by atoms with Gasteiger partial charge in [-0.15, -0.1) is 0 Å². The monoisotopic (exact) mass is 244 g/mol. The Balaban J connectivity index is 2.48. The van der Waals surface area contributed by atoms with Gasteiger partial charge in [-0.1, -0.05) is 30.1 Å². The number of rotatable bonds is 2. The first-order valence-corrected chi connectivity index (χ1v) is 5.80. The molecule has 0 saturated heterocycles. The highest BCUT2D eigenvalue weighted by atomic mass is 35.5. The molecule has 1 aromatic carbocycles. The fourth-order valence-electron chi connectivity index (χ4n) is 1.87. The summed E-state index contributed by atoms with van der Waals surface area (Å²) in [6, 6.07) is 5.23. The molecule has 0 radical (unpaired) electrons. The van der Waals surface area contributed by atoms with Gasteiger partial charge in [-0.2, -0.15) is 0 Å². The SMILES string of the molecule is CC1(C(C)(O)c2cc(Cl)ccc2Cl)CC1. The largest absolute Gasteiger partial charge is 0.385 e. The van der Waals surface area contributed by atoms with E-state index in [4.69, 9.17) is 23.2 Å². The van der Waals surface area contributed by atoms with Crippen molar-refractivity contribution >= 4 is 23.2 Å². The molecule has 0 aliphatic heterocycles. The molecule has 2 rings (SSSR count). The lowest BCUT2D eigenvalue weighted by Crippen LogP contribution is -2.31. The topological polar surface area (TPSA) is 20.2 Å². The van der Waals surface area contributed by atoms with Gasteiger partial charge in [-0.25, -0.2) is 0 Å². The summed E-state index contributed by atoms with van der Waals surface area (Å²) in [7, 11) is 0. The lowest BCUT2D eigenvalue weighted by molar-refractivity contribution is -0.0125. The van der Waals surface area contributed by atoms with Gasteiger partial charge in [0, 0.05) is 21.0 Å². The molecule has 82 valence electrons. The van der Waals surface area contributed by atoms with Crippen LogP contribution in [0.5, 0.6) is 0 Å². The van der Waals surface area contributed by atoms with Crippen molar-refractivity contribution in [2.24, 2.45) is 5.41 Å². The molecular formula is C12H14Cl2O. The molecule has 0 spiro atoms. The van der Waals surface area contributed by atoms with Crippen molar-refractivity contribution in [3.8, 4) is 0 Å². The minimum absolute atomic E-state index is 0.0542. The van der Waals surface area contributed by atoms with E-state index in [1.165, 1.54) is 0 Å². The Hall–Kier alpha value is -0.240. The van der Waals surface area contributed by atoms with E-state index in [9.17, 15) is 5.11 Å². The molecule has 1 atom stereocenters. The van der Waals surface area contributed by atoms with Crippen molar-refractivity contribution in [3.63, 3.8) is 0 Å². The highest BCUT2D eigenvalue weighted by Gasteiger charge is 2.53. The first-order chi connectivity index (χ1) is 6.87. The van der Waals surface area contributed by atoms with E-state index in [0.717, 1.165) is 18.4 Å². The van der Waals surface area contributed by atoms with Gasteiger partial charge in [0.2, 0.25) is 0 Å². The quantitative estimate of drug-likeness (QED) is 0.834. The molecular weight excluding hydrogens is 231 g/mol. The second-order valence-corrected chi connectivity index (χ2v) is 5.60. The fraction of sp³-hybridized carbons (Fsp3) is 0.500. The van der Waals surface area contributed by atoms with Crippen LogP contribution in [0, 0.1) is 5.41 Å². The van der Waals surface area contributed by atoms with Gasteiger partial charge in [-0.05, 0) is 38.0 Å². The van der Waals surface area contributed by atoms with Crippen molar-refractivity contribution in [1.82, 2.24) is 0 Å². The Morgan fingerprint density at radius 2 is 1.93 bits per heavy atom. The van der Waals surface area contributed by atoms with E-state index in [2.05, 4.69) is 6.92 Å². The second-order valence-electron chi connectivity index (χ2n) is 4.76. The van der Waals surface area contributed by atoms with Gasteiger partial charge in [-0.3, -0.25) is 0 Å². The van der Waals surface area contributed by atoms with E-state index in [1.54, 1.807) is 18.2 Å². The molecule has 1 N–H and O–H groups in total. The first-order valence-electron chi connectivity index (χ1n) is 5.05. The number of benzene rings is 1. The second kappa shape index (κ2) is 3.38. The van der Waals surface area contributed by atoms with Gasteiger partial charge < -0.3 is 5.11 Å². The van der Waals surface area contributed by atoms with Crippen molar-refractivity contribution in [3.05, 3.63) is 33.8 Å². The van der Waals surface area contributed by atoms with Crippen LogP contribution in [0.3, 0.4) is 0 Å². The summed E-state index contributed by atoms with van der Waals surface area (Å²) in [5, 5.41) is 11.7. The molecule has 1 unspecified atom stereocenters. The van der Waals surface area contributed by atoms with Crippen molar-refractivity contribution in [1.29, 1.82) is 0 Å². The van der Waals surface area contributed by atoms with E-state index < -0.39 is 5.60 Å². The normalized spacial score (nSPS) is 22.2. The summed E-state index contributed by atoms with van der Waals surface area (Å²) >= 11 is 12.0. The van der Waals surface area contributed by atoms with Gasteiger partial charge in [0.25, 0.3) is 0 Å². The zero-order valence-electron chi connectivity index (χ0n) is 8.85. The van der Waals surface area contributed by atoms with Crippen LogP contribution in [0.1, 0.15) is 32.3 Å². The van der Waals surface area contributed by atoms with Crippen molar-refractivity contribution < 1.29 is 5.11 Å². The molecule has 0 heterocycles. The molecule has 1 aromatic rings. The van der Waals surface area contributed by atoms with Gasteiger partial charge in [0.1, 0.15) is 0 Å². The molecule has 1 fully saturated rings. The zero-order chi connectivity index (χ0) is 11.3. The Bertz CT molecular complexity index is 395. The number of hydrogen-bond acceptors (Lipinski definition) is 1. The van der Waals surface area contributed by atoms with Crippen LogP contribution < -0.4 is 0 Å². The van der Waals surface area contributed by atoms with Crippen LogP contribution in [0.2, 0.25) is 10.0 Å². The summed E-state index contributed by atoms with van der Waals surface area (Å²) in [5.41, 5.74) is -0.215. The molecule has 1 saturated carbocycles. The average Bonchev–Trinajstić information content (AvgIpc) is 2.89. The summed E-state index contributed by atoms with van der Waals surface area (Å²) in [4.78, 5) is 0. The summed E-state index contributed by atoms with van der Waals surface area (Å²) in [5.74, 6) is 0. The van der Waals surface area contributed by atoms with Crippen LogP contribution in [0.4, 0.5) is 0 Å². The lowest BCUT2D eigenvalue weighted by Gasteiger charge is -2.32. The highest BCUT2D eigenvalue weighted by molar-refractivity contribution is 6.33. The van der Waals surface area contributed by atoms with Crippen molar-refractivity contribution in [2.75, 3.05) is 0 Å². The Kier molecular flexibility index (Phi) is 2.53. The average molecular weight is 245 g/mol. The van der Waals surface area contributed by atoms with Crippen LogP contribution in [-0.2, 0) is 5.60 Å². The molecule has 3 heteroatoms. The van der Waals surface area contributed by atoms with Gasteiger partial charge in [0.05, 0.1) is 5.60 Å². The summed E-state index contributed by atoms with van der Waals surface area (Å²) < 4.78 is 0.